The Morgan fingerprint density at radius 3 is 2.66 bits per heavy atom. The number of nitrogens with one attached hydrogen (secondary N) is 1. The highest BCUT2D eigenvalue weighted by Crippen LogP contribution is 2.43. The summed E-state index contributed by atoms with van der Waals surface area (Å²) in [5.41, 5.74) is 3.32. The van der Waals surface area contributed by atoms with E-state index in [1.54, 1.807) is 19.2 Å². The van der Waals surface area contributed by atoms with Crippen molar-refractivity contribution < 1.29 is 19.0 Å². The van der Waals surface area contributed by atoms with Crippen LogP contribution in [0.25, 0.3) is 0 Å². The predicted octanol–water partition coefficient (Wildman–Crippen LogP) is 3.34. The van der Waals surface area contributed by atoms with Crippen LogP contribution in [0.15, 0.2) is 36.4 Å². The fourth-order valence-electron chi connectivity index (χ4n) is 4.54. The molecule has 1 saturated heterocycles. The minimum Gasteiger partial charge on any atom is -0.497 e. The second-order valence-corrected chi connectivity index (χ2v) is 7.63. The number of rotatable bonds is 3. The molecule has 7 heteroatoms. The number of piperidine rings is 1. The van der Waals surface area contributed by atoms with Crippen LogP contribution in [0, 0.1) is 0 Å². The Bertz CT molecular complexity index is 902. The van der Waals surface area contributed by atoms with Crippen molar-refractivity contribution in [3.8, 4) is 17.2 Å². The molecule has 2 atom stereocenters. The van der Waals surface area contributed by atoms with Crippen LogP contribution in [-0.2, 0) is 6.42 Å². The molecule has 0 aliphatic carbocycles. The highest BCUT2D eigenvalue weighted by Gasteiger charge is 2.35. The number of methoxy groups -OCH3 is 1. The number of carbonyl (C=O) groups excluding carboxylic acids is 1. The van der Waals surface area contributed by atoms with E-state index < -0.39 is 0 Å². The predicted molar refractivity (Wildman–Crippen MR) is 111 cm³/mol. The lowest BCUT2D eigenvalue weighted by Crippen LogP contribution is -2.48. The number of ether oxygens (including phenoxy) is 3. The number of carbonyl (C=O) groups is 1. The highest BCUT2D eigenvalue weighted by atomic mass is 35.5. The van der Waals surface area contributed by atoms with Crippen LogP contribution in [0.4, 0.5) is 0 Å². The third kappa shape index (κ3) is 3.74. The van der Waals surface area contributed by atoms with Gasteiger partial charge in [-0.3, -0.25) is 9.69 Å². The van der Waals surface area contributed by atoms with Crippen LogP contribution in [0.1, 0.15) is 40.4 Å². The molecule has 1 fully saturated rings. The summed E-state index contributed by atoms with van der Waals surface area (Å²) < 4.78 is 16.3. The summed E-state index contributed by atoms with van der Waals surface area (Å²) in [4.78, 5) is 15.2. The van der Waals surface area contributed by atoms with Crippen LogP contribution < -0.4 is 19.5 Å². The first-order valence-electron chi connectivity index (χ1n) is 9.82. The van der Waals surface area contributed by atoms with Crippen molar-refractivity contribution in [1.82, 2.24) is 10.2 Å². The molecule has 6 nitrogen and oxygen atoms in total. The highest BCUT2D eigenvalue weighted by molar-refractivity contribution is 5.94. The molecular weight excluding hydrogens is 392 g/mol. The van der Waals surface area contributed by atoms with Gasteiger partial charge in [-0.05, 0) is 66.8 Å². The molecule has 0 bridgehead atoms. The Morgan fingerprint density at radius 2 is 1.90 bits per heavy atom. The van der Waals surface area contributed by atoms with Gasteiger partial charge in [-0.25, -0.2) is 0 Å². The smallest absolute Gasteiger partial charge is 0.251 e. The maximum atomic E-state index is 12.7. The van der Waals surface area contributed by atoms with Crippen LogP contribution in [0.3, 0.4) is 0 Å². The van der Waals surface area contributed by atoms with Gasteiger partial charge in [0.05, 0.1) is 7.11 Å². The van der Waals surface area contributed by atoms with Crippen LogP contribution >= 0.6 is 12.4 Å². The Balaban J connectivity index is 0.00000205. The Labute approximate surface area is 176 Å². The van der Waals surface area contributed by atoms with Crippen LogP contribution in [-0.4, -0.2) is 43.8 Å². The van der Waals surface area contributed by atoms with E-state index in [4.69, 9.17) is 14.2 Å². The van der Waals surface area contributed by atoms with Crippen molar-refractivity contribution in [1.29, 1.82) is 0 Å². The molecule has 3 aliphatic heterocycles. The standard InChI is InChI=1S/C22H24N2O4.ClH/c1-26-17-4-2-14(3-5-17)22(25)23-16-7-9-24-8-6-15-10-20-21(28-13-27-20)12-18(15)19(24)11-16;/h2-5,10,12,16,19H,6-9,11,13H2,1H3,(H,23,25);1H. The first-order valence-corrected chi connectivity index (χ1v) is 9.82. The zero-order chi connectivity index (χ0) is 19.1. The molecule has 29 heavy (non-hydrogen) atoms. The third-order valence-corrected chi connectivity index (χ3v) is 6.06. The minimum atomic E-state index is -0.0252. The monoisotopic (exact) mass is 416 g/mol. The van der Waals surface area contributed by atoms with E-state index in [1.807, 2.05) is 12.1 Å². The summed E-state index contributed by atoms with van der Waals surface area (Å²) in [5.74, 6) is 2.42. The molecule has 0 radical (unpaired) electrons. The number of fused-ring (bicyclic) bond motifs is 4. The van der Waals surface area contributed by atoms with E-state index >= 15 is 0 Å². The number of hydrogen-bond donors (Lipinski definition) is 1. The number of benzene rings is 2. The van der Waals surface area contributed by atoms with E-state index in [0.717, 1.165) is 49.6 Å². The molecule has 2 unspecified atom stereocenters. The van der Waals surface area contributed by atoms with Gasteiger partial charge in [0.25, 0.3) is 5.91 Å². The largest absolute Gasteiger partial charge is 0.497 e. The fourth-order valence-corrected chi connectivity index (χ4v) is 4.54. The van der Waals surface area contributed by atoms with Crippen molar-refractivity contribution in [2.75, 3.05) is 27.0 Å². The summed E-state index contributed by atoms with van der Waals surface area (Å²) in [6.45, 7) is 2.34. The Morgan fingerprint density at radius 1 is 1.14 bits per heavy atom. The first kappa shape index (κ1) is 19.9. The minimum absolute atomic E-state index is 0. The van der Waals surface area contributed by atoms with Crippen molar-refractivity contribution >= 4 is 18.3 Å². The van der Waals surface area contributed by atoms with Crippen molar-refractivity contribution in [2.45, 2.75) is 31.3 Å². The molecule has 0 aromatic heterocycles. The summed E-state index contributed by atoms with van der Waals surface area (Å²) >= 11 is 0. The summed E-state index contributed by atoms with van der Waals surface area (Å²) in [6.07, 6.45) is 2.91. The molecule has 5 rings (SSSR count). The average molecular weight is 417 g/mol. The van der Waals surface area contributed by atoms with Crippen LogP contribution in [0.2, 0.25) is 0 Å². The maximum absolute atomic E-state index is 12.7. The Hall–Kier alpha value is -2.44. The molecule has 1 amide bonds. The average Bonchev–Trinajstić information content (AvgIpc) is 3.19. The van der Waals surface area contributed by atoms with Gasteiger partial charge < -0.3 is 19.5 Å². The summed E-state index contributed by atoms with van der Waals surface area (Å²) in [7, 11) is 1.62. The van der Waals surface area contributed by atoms with Gasteiger partial charge in [0.15, 0.2) is 11.5 Å². The lowest BCUT2D eigenvalue weighted by molar-refractivity contribution is 0.0844. The molecule has 1 N–H and O–H groups in total. The van der Waals surface area contributed by atoms with Gasteiger partial charge in [-0.1, -0.05) is 0 Å². The van der Waals surface area contributed by atoms with E-state index in [1.165, 1.54) is 11.1 Å². The number of amides is 1. The molecule has 0 spiro atoms. The molecule has 0 saturated carbocycles. The quantitative estimate of drug-likeness (QED) is 0.831. The molecular formula is C22H25ClN2O4. The van der Waals surface area contributed by atoms with Gasteiger partial charge >= 0.3 is 0 Å². The van der Waals surface area contributed by atoms with Gasteiger partial charge in [0, 0.05) is 30.7 Å². The van der Waals surface area contributed by atoms with Crippen molar-refractivity contribution in [3.63, 3.8) is 0 Å². The maximum Gasteiger partial charge on any atom is 0.251 e. The van der Waals surface area contributed by atoms with Gasteiger partial charge in [0.1, 0.15) is 5.75 Å². The van der Waals surface area contributed by atoms with E-state index in [0.29, 0.717) is 18.4 Å². The van der Waals surface area contributed by atoms with E-state index in [2.05, 4.69) is 22.3 Å². The Kier molecular flexibility index (Phi) is 5.56. The van der Waals surface area contributed by atoms with E-state index in [-0.39, 0.29) is 24.4 Å². The SMILES string of the molecule is COc1ccc(C(=O)NC2CCN3CCc4cc5c(cc4C3C2)OCO5)cc1.Cl. The van der Waals surface area contributed by atoms with Crippen LogP contribution in [0.5, 0.6) is 17.2 Å². The lowest BCUT2D eigenvalue weighted by Gasteiger charge is -2.43. The lowest BCUT2D eigenvalue weighted by atomic mass is 9.84. The molecule has 3 heterocycles. The fraction of sp³-hybridized carbons (Fsp3) is 0.409. The molecule has 2 aromatic rings. The van der Waals surface area contributed by atoms with Crippen molar-refractivity contribution in [2.24, 2.45) is 0 Å². The first-order chi connectivity index (χ1) is 13.7. The van der Waals surface area contributed by atoms with Gasteiger partial charge in [-0.2, -0.15) is 0 Å². The second-order valence-electron chi connectivity index (χ2n) is 7.63. The van der Waals surface area contributed by atoms with Gasteiger partial charge in [0.2, 0.25) is 6.79 Å². The second kappa shape index (κ2) is 8.13. The van der Waals surface area contributed by atoms with Crippen molar-refractivity contribution in [3.05, 3.63) is 53.1 Å². The zero-order valence-corrected chi connectivity index (χ0v) is 17.2. The zero-order valence-electron chi connectivity index (χ0n) is 16.3. The van der Waals surface area contributed by atoms with Gasteiger partial charge in [-0.15, -0.1) is 12.4 Å². The molecule has 2 aromatic carbocycles. The summed E-state index contributed by atoms with van der Waals surface area (Å²) in [6, 6.07) is 12.0. The number of hydrogen-bond acceptors (Lipinski definition) is 5. The number of nitrogens with zero attached hydrogens (tertiary/aromatic N) is 1. The molecule has 154 valence electrons. The number of halogens is 1. The topological polar surface area (TPSA) is 60.0 Å². The van der Waals surface area contributed by atoms with E-state index in [9.17, 15) is 4.79 Å². The summed E-state index contributed by atoms with van der Waals surface area (Å²) in [5, 5.41) is 3.23. The normalized spacial score (nSPS) is 22.1. The third-order valence-electron chi connectivity index (χ3n) is 6.06. The molecule has 3 aliphatic rings.